The lowest BCUT2D eigenvalue weighted by atomic mass is 10.1. The predicted octanol–water partition coefficient (Wildman–Crippen LogP) is 1.99. The second kappa shape index (κ2) is 7.36. The number of fused-ring (bicyclic) bond motifs is 1. The van der Waals surface area contributed by atoms with Crippen LogP contribution in [0.1, 0.15) is 15.9 Å². The van der Waals surface area contributed by atoms with E-state index in [4.69, 9.17) is 9.47 Å². The number of nitrogens with one attached hydrogen (secondary N) is 1. The van der Waals surface area contributed by atoms with E-state index >= 15 is 0 Å². The number of hydrogen-bond acceptors (Lipinski definition) is 4. The van der Waals surface area contributed by atoms with E-state index in [0.717, 1.165) is 5.56 Å². The van der Waals surface area contributed by atoms with Crippen molar-refractivity contribution >= 4 is 17.5 Å². The Bertz CT molecular complexity index is 773. The molecular weight excluding hydrogens is 320 g/mol. The molecule has 6 heteroatoms. The van der Waals surface area contributed by atoms with Crippen LogP contribution in [0.3, 0.4) is 0 Å². The largest absolute Gasteiger partial charge is 0.477 e. The summed E-state index contributed by atoms with van der Waals surface area (Å²) >= 11 is 0. The molecule has 0 fully saturated rings. The summed E-state index contributed by atoms with van der Waals surface area (Å²) in [5.74, 6) is 0.0862. The number of nitrogens with zero attached hydrogens (tertiary/aromatic N) is 1. The van der Waals surface area contributed by atoms with Crippen LogP contribution in [0.5, 0.6) is 5.75 Å². The van der Waals surface area contributed by atoms with Gasteiger partial charge in [0, 0.05) is 19.7 Å². The van der Waals surface area contributed by atoms with Gasteiger partial charge in [-0.15, -0.1) is 0 Å². The Morgan fingerprint density at radius 3 is 2.60 bits per heavy atom. The number of carbonyl (C=O) groups is 2. The van der Waals surface area contributed by atoms with E-state index in [0.29, 0.717) is 23.6 Å². The maximum atomic E-state index is 13.0. The Balaban J connectivity index is 1.91. The van der Waals surface area contributed by atoms with Crippen molar-refractivity contribution in [3.63, 3.8) is 0 Å². The third-order valence-electron chi connectivity index (χ3n) is 4.07. The predicted molar refractivity (Wildman–Crippen MR) is 93.8 cm³/mol. The standard InChI is InChI=1S/C19H20N2O4/c1-20-18(22)17-11-21(15-5-3-4-6-16(15)25-17)19(23)14-9-7-13(8-10-14)12-24-2/h3-10,17H,11-12H2,1-2H3,(H,20,22)/t17-/m1/s1. The van der Waals surface area contributed by atoms with Crippen molar-refractivity contribution in [2.45, 2.75) is 12.7 Å². The van der Waals surface area contributed by atoms with Gasteiger partial charge in [0.15, 0.2) is 6.10 Å². The Hall–Kier alpha value is -2.86. The molecule has 0 aromatic heterocycles. The number of carbonyl (C=O) groups excluding carboxylic acids is 2. The van der Waals surface area contributed by atoms with Gasteiger partial charge in [-0.05, 0) is 29.8 Å². The van der Waals surface area contributed by atoms with E-state index in [1.807, 2.05) is 30.3 Å². The van der Waals surface area contributed by atoms with Crippen molar-refractivity contribution in [2.75, 3.05) is 25.6 Å². The van der Waals surface area contributed by atoms with Crippen LogP contribution in [0.25, 0.3) is 0 Å². The highest BCUT2D eigenvalue weighted by atomic mass is 16.5. The zero-order chi connectivity index (χ0) is 17.8. The van der Waals surface area contributed by atoms with Gasteiger partial charge in [0.2, 0.25) is 0 Å². The normalized spacial score (nSPS) is 15.9. The Kier molecular flexibility index (Phi) is 5.00. The highest BCUT2D eigenvalue weighted by Gasteiger charge is 2.33. The van der Waals surface area contributed by atoms with E-state index in [2.05, 4.69) is 5.32 Å². The third kappa shape index (κ3) is 3.49. The molecule has 2 aromatic carbocycles. The zero-order valence-corrected chi connectivity index (χ0v) is 14.2. The van der Waals surface area contributed by atoms with E-state index in [1.54, 1.807) is 37.3 Å². The summed E-state index contributed by atoms with van der Waals surface area (Å²) in [7, 11) is 3.18. The minimum Gasteiger partial charge on any atom is -0.477 e. The quantitative estimate of drug-likeness (QED) is 0.924. The van der Waals surface area contributed by atoms with Crippen LogP contribution in [0.4, 0.5) is 5.69 Å². The van der Waals surface area contributed by atoms with Gasteiger partial charge >= 0.3 is 0 Å². The minimum atomic E-state index is -0.739. The first-order valence-corrected chi connectivity index (χ1v) is 8.01. The summed E-state index contributed by atoms with van der Waals surface area (Å²) < 4.78 is 10.8. The van der Waals surface area contributed by atoms with E-state index in [9.17, 15) is 9.59 Å². The molecule has 25 heavy (non-hydrogen) atoms. The first-order valence-electron chi connectivity index (χ1n) is 8.01. The van der Waals surface area contributed by atoms with E-state index in [-0.39, 0.29) is 18.4 Å². The van der Waals surface area contributed by atoms with Crippen molar-refractivity contribution in [1.29, 1.82) is 0 Å². The molecule has 130 valence electrons. The Morgan fingerprint density at radius 2 is 1.92 bits per heavy atom. The monoisotopic (exact) mass is 340 g/mol. The van der Waals surface area contributed by atoms with Gasteiger partial charge in [0.05, 0.1) is 18.8 Å². The molecule has 6 nitrogen and oxygen atoms in total. The first-order chi connectivity index (χ1) is 12.1. The fourth-order valence-corrected chi connectivity index (χ4v) is 2.79. The van der Waals surface area contributed by atoms with E-state index in [1.165, 1.54) is 0 Å². The van der Waals surface area contributed by atoms with Gasteiger partial charge in [-0.3, -0.25) is 9.59 Å². The summed E-state index contributed by atoms with van der Waals surface area (Å²) in [6.07, 6.45) is -0.739. The van der Waals surface area contributed by atoms with Crippen LogP contribution in [0, 0.1) is 0 Å². The highest BCUT2D eigenvalue weighted by Crippen LogP contribution is 2.34. The van der Waals surface area contributed by atoms with Gasteiger partial charge in [-0.25, -0.2) is 0 Å². The van der Waals surface area contributed by atoms with Crippen molar-refractivity contribution in [3.8, 4) is 5.75 Å². The first kappa shape index (κ1) is 17.0. The molecule has 3 rings (SSSR count). The van der Waals surface area contributed by atoms with Crippen molar-refractivity contribution < 1.29 is 19.1 Å². The van der Waals surface area contributed by atoms with Crippen LogP contribution in [0.2, 0.25) is 0 Å². The van der Waals surface area contributed by atoms with Crippen LogP contribution in [-0.4, -0.2) is 38.6 Å². The fraction of sp³-hybridized carbons (Fsp3) is 0.263. The zero-order valence-electron chi connectivity index (χ0n) is 14.2. The molecule has 0 unspecified atom stereocenters. The van der Waals surface area contributed by atoms with Gasteiger partial charge < -0.3 is 19.7 Å². The molecule has 0 bridgehead atoms. The number of likely N-dealkylation sites (N-methyl/N-ethyl adjacent to an activating group) is 1. The molecule has 1 atom stereocenters. The van der Waals surface area contributed by atoms with Crippen LogP contribution in [0.15, 0.2) is 48.5 Å². The lowest BCUT2D eigenvalue weighted by molar-refractivity contribution is -0.127. The average Bonchev–Trinajstić information content (AvgIpc) is 2.66. The smallest absolute Gasteiger partial charge is 0.262 e. The SMILES string of the molecule is CNC(=O)[C@H]1CN(C(=O)c2ccc(COC)cc2)c2ccccc2O1. The van der Waals surface area contributed by atoms with Crippen LogP contribution < -0.4 is 15.0 Å². The second-order valence-corrected chi connectivity index (χ2v) is 5.73. The molecule has 2 amide bonds. The highest BCUT2D eigenvalue weighted by molar-refractivity contribution is 6.07. The van der Waals surface area contributed by atoms with E-state index < -0.39 is 6.10 Å². The third-order valence-corrected chi connectivity index (χ3v) is 4.07. The number of methoxy groups -OCH3 is 1. The van der Waals surface area contributed by atoms with Crippen molar-refractivity contribution in [1.82, 2.24) is 5.32 Å². The van der Waals surface area contributed by atoms with Crippen LogP contribution in [-0.2, 0) is 16.1 Å². The topological polar surface area (TPSA) is 67.9 Å². The number of rotatable bonds is 4. The minimum absolute atomic E-state index is 0.162. The molecule has 1 N–H and O–H groups in total. The summed E-state index contributed by atoms with van der Waals surface area (Å²) in [5.41, 5.74) is 2.20. The number of benzene rings is 2. The fourth-order valence-electron chi connectivity index (χ4n) is 2.79. The number of amides is 2. The van der Waals surface area contributed by atoms with Gasteiger partial charge in [0.1, 0.15) is 5.75 Å². The number of ether oxygens (including phenoxy) is 2. The molecule has 0 saturated carbocycles. The molecule has 1 aliphatic rings. The molecule has 1 heterocycles. The summed E-state index contributed by atoms with van der Waals surface area (Å²) in [6.45, 7) is 0.656. The molecule has 0 radical (unpaired) electrons. The lowest BCUT2D eigenvalue weighted by Gasteiger charge is -2.34. The maximum absolute atomic E-state index is 13.0. The van der Waals surface area contributed by atoms with Crippen molar-refractivity contribution in [3.05, 3.63) is 59.7 Å². The molecule has 0 spiro atoms. The van der Waals surface area contributed by atoms with Gasteiger partial charge in [0.25, 0.3) is 11.8 Å². The van der Waals surface area contributed by atoms with Crippen molar-refractivity contribution in [2.24, 2.45) is 0 Å². The summed E-state index contributed by atoms with van der Waals surface area (Å²) in [5, 5.41) is 2.57. The number of anilines is 1. The second-order valence-electron chi connectivity index (χ2n) is 5.73. The number of para-hydroxylation sites is 2. The lowest BCUT2D eigenvalue weighted by Crippen LogP contribution is -2.50. The summed E-state index contributed by atoms with van der Waals surface area (Å²) in [6, 6.07) is 14.5. The molecule has 1 aliphatic heterocycles. The molecule has 2 aromatic rings. The molecule has 0 saturated heterocycles. The van der Waals surface area contributed by atoms with Gasteiger partial charge in [-0.1, -0.05) is 24.3 Å². The maximum Gasteiger partial charge on any atom is 0.262 e. The Labute approximate surface area is 146 Å². The molecule has 0 aliphatic carbocycles. The number of hydrogen-bond donors (Lipinski definition) is 1. The van der Waals surface area contributed by atoms with Crippen LogP contribution >= 0.6 is 0 Å². The molecular formula is C19H20N2O4. The van der Waals surface area contributed by atoms with Gasteiger partial charge in [-0.2, -0.15) is 0 Å². The average molecular weight is 340 g/mol. The summed E-state index contributed by atoms with van der Waals surface area (Å²) in [4.78, 5) is 26.6. The Morgan fingerprint density at radius 1 is 1.20 bits per heavy atom.